The first kappa shape index (κ1) is 8.71. The smallest absolute Gasteiger partial charge is 0.153 e. The summed E-state index contributed by atoms with van der Waals surface area (Å²) in [5.41, 5.74) is 1.94. The van der Waals surface area contributed by atoms with Gasteiger partial charge in [0.25, 0.3) is 0 Å². The van der Waals surface area contributed by atoms with Crippen molar-refractivity contribution in [1.82, 2.24) is 14.6 Å². The monoisotopic (exact) mass is 202 g/mol. The molecule has 4 nitrogen and oxygen atoms in total. The van der Waals surface area contributed by atoms with Crippen LogP contribution in [0, 0.1) is 6.92 Å². The summed E-state index contributed by atoms with van der Waals surface area (Å²) >= 11 is 0. The van der Waals surface area contributed by atoms with Gasteiger partial charge in [0.2, 0.25) is 0 Å². The van der Waals surface area contributed by atoms with Crippen LogP contribution in [-0.4, -0.2) is 27.7 Å². The van der Waals surface area contributed by atoms with Crippen LogP contribution in [0.25, 0.3) is 5.65 Å². The molecule has 78 valence electrons. The molecule has 2 aromatic rings. The summed E-state index contributed by atoms with van der Waals surface area (Å²) in [6, 6.07) is 4.10. The normalized spacial score (nSPS) is 16.5. The number of fused-ring (bicyclic) bond motifs is 1. The Kier molecular flexibility index (Phi) is 1.87. The predicted molar refractivity (Wildman–Crippen MR) is 59.2 cm³/mol. The van der Waals surface area contributed by atoms with Crippen molar-refractivity contribution in [2.45, 2.75) is 19.8 Å². The molecule has 0 saturated carbocycles. The van der Waals surface area contributed by atoms with Crippen LogP contribution in [0.4, 0.5) is 5.82 Å². The van der Waals surface area contributed by atoms with Gasteiger partial charge in [-0.05, 0) is 31.9 Å². The van der Waals surface area contributed by atoms with E-state index < -0.39 is 0 Å². The van der Waals surface area contributed by atoms with Gasteiger partial charge in [-0.1, -0.05) is 0 Å². The second-order valence-electron chi connectivity index (χ2n) is 4.07. The number of nitrogens with zero attached hydrogens (tertiary/aromatic N) is 4. The van der Waals surface area contributed by atoms with E-state index in [1.54, 1.807) is 0 Å². The second kappa shape index (κ2) is 3.22. The lowest BCUT2D eigenvalue weighted by Gasteiger charge is -2.15. The average Bonchev–Trinajstić information content (AvgIpc) is 2.82. The molecule has 0 aliphatic carbocycles. The molecule has 3 heterocycles. The van der Waals surface area contributed by atoms with E-state index in [4.69, 9.17) is 0 Å². The molecule has 3 rings (SSSR count). The molecule has 0 amide bonds. The predicted octanol–water partition coefficient (Wildman–Crippen LogP) is 1.64. The summed E-state index contributed by atoms with van der Waals surface area (Å²) in [5.74, 6) is 1.07. The zero-order valence-electron chi connectivity index (χ0n) is 8.85. The van der Waals surface area contributed by atoms with Crippen LogP contribution in [0.2, 0.25) is 0 Å². The van der Waals surface area contributed by atoms with Gasteiger partial charge in [-0.25, -0.2) is 9.50 Å². The van der Waals surface area contributed by atoms with Crippen LogP contribution in [0.15, 0.2) is 18.3 Å². The summed E-state index contributed by atoms with van der Waals surface area (Å²) < 4.78 is 1.86. The third-order valence-electron chi connectivity index (χ3n) is 2.86. The highest BCUT2D eigenvalue weighted by molar-refractivity contribution is 5.46. The standard InChI is InChI=1S/C11H14N4/c1-9-8-15-10(12-9)4-5-11(13-15)14-6-2-3-7-14/h4-5,8H,2-3,6-7H2,1H3. The lowest BCUT2D eigenvalue weighted by atomic mass is 10.4. The van der Waals surface area contributed by atoms with E-state index in [-0.39, 0.29) is 0 Å². The minimum Gasteiger partial charge on any atom is -0.355 e. The van der Waals surface area contributed by atoms with Gasteiger partial charge < -0.3 is 4.90 Å². The van der Waals surface area contributed by atoms with Crippen molar-refractivity contribution in [3.05, 3.63) is 24.0 Å². The number of imidazole rings is 1. The fourth-order valence-electron chi connectivity index (χ4n) is 2.11. The molecule has 0 aromatic carbocycles. The average molecular weight is 202 g/mol. The molecule has 2 aromatic heterocycles. The summed E-state index contributed by atoms with van der Waals surface area (Å²) in [6.45, 7) is 4.25. The van der Waals surface area contributed by atoms with E-state index in [1.165, 1.54) is 12.8 Å². The van der Waals surface area contributed by atoms with Gasteiger partial charge in [-0.3, -0.25) is 0 Å². The van der Waals surface area contributed by atoms with Gasteiger partial charge >= 0.3 is 0 Å². The number of aryl methyl sites for hydroxylation is 1. The van der Waals surface area contributed by atoms with Crippen molar-refractivity contribution in [2.75, 3.05) is 18.0 Å². The van der Waals surface area contributed by atoms with Gasteiger partial charge in [0, 0.05) is 13.1 Å². The zero-order chi connectivity index (χ0) is 10.3. The molecule has 1 saturated heterocycles. The highest BCUT2D eigenvalue weighted by atomic mass is 15.3. The Morgan fingerprint density at radius 3 is 2.80 bits per heavy atom. The van der Waals surface area contributed by atoms with Crippen molar-refractivity contribution in [2.24, 2.45) is 0 Å². The molecule has 0 radical (unpaired) electrons. The van der Waals surface area contributed by atoms with Crippen LogP contribution in [0.1, 0.15) is 18.5 Å². The quantitative estimate of drug-likeness (QED) is 0.705. The maximum absolute atomic E-state index is 4.56. The van der Waals surface area contributed by atoms with Crippen LogP contribution >= 0.6 is 0 Å². The van der Waals surface area contributed by atoms with E-state index in [0.717, 1.165) is 30.2 Å². The molecule has 0 N–H and O–H groups in total. The molecule has 4 heteroatoms. The van der Waals surface area contributed by atoms with Crippen molar-refractivity contribution >= 4 is 11.5 Å². The highest BCUT2D eigenvalue weighted by Crippen LogP contribution is 2.17. The SMILES string of the molecule is Cc1cn2nc(N3CCCC3)ccc2n1. The molecular formula is C11H14N4. The third-order valence-corrected chi connectivity index (χ3v) is 2.86. The molecule has 1 aliphatic heterocycles. The molecule has 0 unspecified atom stereocenters. The summed E-state index contributed by atoms with van der Waals surface area (Å²) in [4.78, 5) is 6.69. The number of aromatic nitrogens is 3. The van der Waals surface area contributed by atoms with Gasteiger partial charge in [-0.2, -0.15) is 0 Å². The van der Waals surface area contributed by atoms with Crippen LogP contribution < -0.4 is 4.90 Å². The molecule has 1 fully saturated rings. The second-order valence-corrected chi connectivity index (χ2v) is 4.07. The first-order valence-corrected chi connectivity index (χ1v) is 5.41. The number of hydrogen-bond acceptors (Lipinski definition) is 3. The van der Waals surface area contributed by atoms with Crippen molar-refractivity contribution in [1.29, 1.82) is 0 Å². The fraction of sp³-hybridized carbons (Fsp3) is 0.455. The molecule has 0 bridgehead atoms. The maximum atomic E-state index is 4.56. The number of rotatable bonds is 1. The molecule has 0 spiro atoms. The maximum Gasteiger partial charge on any atom is 0.153 e. The Hall–Kier alpha value is -1.58. The van der Waals surface area contributed by atoms with Gasteiger partial charge in [0.15, 0.2) is 5.65 Å². The third kappa shape index (κ3) is 1.46. The molecular weight excluding hydrogens is 188 g/mol. The van der Waals surface area contributed by atoms with E-state index in [2.05, 4.69) is 21.0 Å². The highest BCUT2D eigenvalue weighted by Gasteiger charge is 2.13. The Morgan fingerprint density at radius 2 is 2.00 bits per heavy atom. The topological polar surface area (TPSA) is 33.4 Å². The van der Waals surface area contributed by atoms with Gasteiger partial charge in [0.05, 0.1) is 11.9 Å². The fourth-order valence-corrected chi connectivity index (χ4v) is 2.11. The van der Waals surface area contributed by atoms with E-state index in [1.807, 2.05) is 23.7 Å². The largest absolute Gasteiger partial charge is 0.355 e. The van der Waals surface area contributed by atoms with Crippen molar-refractivity contribution in [3.8, 4) is 0 Å². The lowest BCUT2D eigenvalue weighted by Crippen LogP contribution is -2.19. The minimum absolute atomic E-state index is 0.926. The van der Waals surface area contributed by atoms with E-state index in [9.17, 15) is 0 Å². The number of hydrogen-bond donors (Lipinski definition) is 0. The Bertz CT molecular complexity index is 482. The summed E-state index contributed by atoms with van der Waals surface area (Å²) in [5, 5.41) is 4.56. The molecule has 15 heavy (non-hydrogen) atoms. The van der Waals surface area contributed by atoms with Crippen LogP contribution in [0.5, 0.6) is 0 Å². The van der Waals surface area contributed by atoms with Gasteiger partial charge in [0.1, 0.15) is 5.82 Å². The lowest BCUT2D eigenvalue weighted by molar-refractivity contribution is 0.859. The Labute approximate surface area is 88.5 Å². The first-order valence-electron chi connectivity index (χ1n) is 5.41. The first-order chi connectivity index (χ1) is 7.33. The minimum atomic E-state index is 0.926. The van der Waals surface area contributed by atoms with Gasteiger partial charge in [-0.15, -0.1) is 5.10 Å². The zero-order valence-corrected chi connectivity index (χ0v) is 8.85. The Morgan fingerprint density at radius 1 is 1.20 bits per heavy atom. The van der Waals surface area contributed by atoms with Crippen LogP contribution in [0.3, 0.4) is 0 Å². The van der Waals surface area contributed by atoms with Crippen molar-refractivity contribution < 1.29 is 0 Å². The van der Waals surface area contributed by atoms with Crippen molar-refractivity contribution in [3.63, 3.8) is 0 Å². The summed E-state index contributed by atoms with van der Waals surface area (Å²) in [7, 11) is 0. The molecule has 0 atom stereocenters. The Balaban J connectivity index is 2.04. The van der Waals surface area contributed by atoms with Crippen LogP contribution in [-0.2, 0) is 0 Å². The van der Waals surface area contributed by atoms with E-state index >= 15 is 0 Å². The molecule has 1 aliphatic rings. The summed E-state index contributed by atoms with van der Waals surface area (Å²) in [6.07, 6.45) is 4.53. The number of anilines is 1. The van der Waals surface area contributed by atoms with E-state index in [0.29, 0.717) is 0 Å².